The molecule has 0 aromatic rings. The Labute approximate surface area is 52.0 Å². The molecule has 0 aliphatic carbocycles. The second-order valence-electron chi connectivity index (χ2n) is 0.157. The fourth-order valence-corrected chi connectivity index (χ4v) is 0. The summed E-state index contributed by atoms with van der Waals surface area (Å²) in [6.45, 7) is 0. The van der Waals surface area contributed by atoms with Crippen LogP contribution in [0.2, 0.25) is 0 Å². The molecule has 0 N–H and O–H groups in total. The van der Waals surface area contributed by atoms with Crippen LogP contribution < -0.4 is 0 Å². The molecule has 32 valence electrons. The summed E-state index contributed by atoms with van der Waals surface area (Å²) >= 11 is 1.90. The van der Waals surface area contributed by atoms with Crippen LogP contribution >= 0.6 is 0 Å². The molecule has 0 radical (unpaired) electrons. The summed E-state index contributed by atoms with van der Waals surface area (Å²) in [6, 6.07) is 0. The summed E-state index contributed by atoms with van der Waals surface area (Å²) < 4.78 is 15.9. The molecule has 0 heterocycles. The monoisotopic (exact) mass is 238 g/mol. The molecule has 0 aromatic carbocycles. The first kappa shape index (κ1) is 5.34. The fraction of sp³-hybridized carbons (Fsp3) is 0. The average Bonchev–Trinajstić information content (AvgIpc) is 0.811. The van der Waals surface area contributed by atoms with E-state index in [0.29, 0.717) is 0 Å². The van der Waals surface area contributed by atoms with E-state index >= 15 is 0 Å². The van der Waals surface area contributed by atoms with E-state index in [0.717, 1.165) is 0 Å². The van der Waals surface area contributed by atoms with Crippen molar-refractivity contribution in [1.29, 1.82) is 0 Å². The minimum absolute atomic E-state index is 1.90. The van der Waals surface area contributed by atoms with E-state index in [1.165, 1.54) is 0 Å². The molecule has 0 aromatic heterocycles. The maximum absolute atomic E-state index is 8.94. The van der Waals surface area contributed by atoms with Crippen LogP contribution in [0.5, 0.6) is 0 Å². The van der Waals surface area contributed by atoms with Gasteiger partial charge in [0, 0.05) is 0 Å². The zero-order valence-corrected chi connectivity index (χ0v) is 4.02. The molecule has 0 amide bonds. The van der Waals surface area contributed by atoms with Crippen molar-refractivity contribution in [1.82, 2.24) is 0 Å². The Hall–Kier alpha value is 1.34. The molecule has 0 fully saturated rings. The Morgan fingerprint density at radius 3 is 1.50 bits per heavy atom. The van der Waals surface area contributed by atoms with E-state index in [-0.39, 0.29) is 0 Å². The van der Waals surface area contributed by atoms with Gasteiger partial charge >= 0.3 is 53.1 Å². The van der Waals surface area contributed by atoms with E-state index in [4.69, 9.17) is 8.42 Å². The van der Waals surface area contributed by atoms with E-state index in [9.17, 15) is 0 Å². The Morgan fingerprint density at radius 2 is 1.50 bits per heavy atom. The fourth-order valence-electron chi connectivity index (χ4n) is 0. The molecule has 0 unspecified atom stereocenters. The van der Waals surface area contributed by atoms with E-state index in [2.05, 4.69) is 0 Å². The van der Waals surface area contributed by atoms with Gasteiger partial charge < -0.3 is 0 Å². The molecule has 0 aliphatic heterocycles. The van der Waals surface area contributed by atoms with E-state index in [1.807, 2.05) is 41.9 Å². The first-order valence-electron chi connectivity index (χ1n) is 0.442. The van der Waals surface area contributed by atoms with Crippen molar-refractivity contribution in [2.24, 2.45) is 0 Å². The summed E-state index contributed by atoms with van der Waals surface area (Å²) in [5.74, 6) is 0. The van der Waals surface area contributed by atoms with Crippen LogP contribution in [-0.4, -0.2) is 8.42 Å². The van der Waals surface area contributed by atoms with Gasteiger partial charge in [0.15, 0.2) is 0 Å². The van der Waals surface area contributed by atoms with Crippen LogP contribution in [0.1, 0.15) is 0 Å². The average molecular weight is 237 g/mol. The predicted molar refractivity (Wildman–Crippen MR) is 8.92 cm³/mol. The third kappa shape index (κ3) is 10.2. The van der Waals surface area contributed by atoms with Gasteiger partial charge in [-0.1, -0.05) is 0 Å². The number of hydrogen-bond acceptors (Lipinski definition) is 2. The Balaban J connectivity index is 4.65. The summed E-state index contributed by atoms with van der Waals surface area (Å²) in [5, 5.41) is 0. The summed E-state index contributed by atoms with van der Waals surface area (Å²) in [6.07, 6.45) is 0. The quantitative estimate of drug-likeness (QED) is 0.560. The third-order valence-corrected chi connectivity index (χ3v) is 0. The molecular weight excluding hydrogens is 237 g/mol. The van der Waals surface area contributed by atoms with Crippen LogP contribution in [0.3, 0.4) is 0 Å². The number of hydrogen-bond donors (Lipinski definition) is 0. The summed E-state index contributed by atoms with van der Waals surface area (Å²) in [7, 11) is 0. The van der Waals surface area contributed by atoms with Gasteiger partial charge in [-0.3, -0.25) is 0 Å². The molecule has 4 heavy (non-hydrogen) atoms. The first-order chi connectivity index (χ1) is 1.73. The molecule has 0 saturated carbocycles. The predicted octanol–water partition coefficient (Wildman–Crippen LogP) is -0.670. The van der Waals surface area contributed by atoms with Crippen molar-refractivity contribution < 1.29 is 50.3 Å². The zero-order chi connectivity index (χ0) is 3.58. The minimum atomic E-state index is -2.00. The van der Waals surface area contributed by atoms with Gasteiger partial charge in [-0.15, -0.1) is 0 Å². The topological polar surface area (TPSA) is 34.1 Å². The van der Waals surface area contributed by atoms with Gasteiger partial charge in [0.1, 0.15) is 0 Å². The van der Waals surface area contributed by atoms with Crippen molar-refractivity contribution in [3.05, 3.63) is 0 Å². The Kier molecular flexibility index (Phi) is 3.43. The van der Waals surface area contributed by atoms with Crippen molar-refractivity contribution in [2.45, 2.75) is 0 Å². The van der Waals surface area contributed by atoms with Gasteiger partial charge in [-0.25, -0.2) is 0 Å². The van der Waals surface area contributed by atoms with Crippen LogP contribution in [0.15, 0.2) is 0 Å². The normalized spacial score (nSPS) is 6.50. The second-order valence-corrected chi connectivity index (χ2v) is 2.19. The van der Waals surface area contributed by atoms with Crippen LogP contribution in [0.25, 0.3) is 0 Å². The van der Waals surface area contributed by atoms with Crippen molar-refractivity contribution in [3.8, 4) is 0 Å². The molecule has 0 spiro atoms. The molecule has 0 rings (SSSR count). The molecule has 0 bridgehead atoms. The molecule has 2 nitrogen and oxygen atoms in total. The van der Waals surface area contributed by atoms with Crippen LogP contribution in [0.4, 0.5) is 0 Å². The van der Waals surface area contributed by atoms with Gasteiger partial charge in [0.05, 0.1) is 0 Å². The first-order valence-corrected chi connectivity index (χ1v) is 3.43. The van der Waals surface area contributed by atoms with Crippen LogP contribution in [0, 0.1) is 41.9 Å². The zero-order valence-electron chi connectivity index (χ0n) is 1.49. The Bertz CT molecular complexity index is 75.4. The van der Waals surface area contributed by atoms with Gasteiger partial charge in [0.25, 0.3) is 0 Å². The van der Waals surface area contributed by atoms with Crippen molar-refractivity contribution in [3.63, 3.8) is 0 Å². The van der Waals surface area contributed by atoms with E-state index in [1.54, 1.807) is 0 Å². The molecule has 0 aliphatic rings. The molecule has 0 saturated heterocycles. The molecular formula is O2SYb. The second kappa shape index (κ2) is 2.57. The SMILES string of the molecule is O=[S](=O)=[Yb]. The van der Waals surface area contributed by atoms with Gasteiger partial charge in [-0.05, 0) is 0 Å². The van der Waals surface area contributed by atoms with Gasteiger partial charge in [0.2, 0.25) is 0 Å². The molecule has 4 heteroatoms. The van der Waals surface area contributed by atoms with E-state index < -0.39 is 2.83 Å². The summed E-state index contributed by atoms with van der Waals surface area (Å²) in [4.78, 5) is 0. The van der Waals surface area contributed by atoms with Crippen molar-refractivity contribution in [2.75, 3.05) is 0 Å². The van der Waals surface area contributed by atoms with Gasteiger partial charge in [-0.2, -0.15) is 0 Å². The third-order valence-electron chi connectivity index (χ3n) is 0. The molecule has 0 atom stereocenters. The van der Waals surface area contributed by atoms with Crippen molar-refractivity contribution >= 4 is 2.83 Å². The summed E-state index contributed by atoms with van der Waals surface area (Å²) in [5.41, 5.74) is 0. The number of rotatable bonds is 0. The Morgan fingerprint density at radius 1 is 1.50 bits per heavy atom. The maximum atomic E-state index is 8.94. The standard InChI is InChI=1S/O2S.Yb/c1-3-2;. The van der Waals surface area contributed by atoms with Crippen LogP contribution in [-0.2, 0) is 2.83 Å².